The first-order valence-electron chi connectivity index (χ1n) is 12.9. The average Bonchev–Trinajstić information content (AvgIpc) is 3.50. The molecule has 1 aliphatic rings. The Hall–Kier alpha value is -4.88. The second-order valence-electron chi connectivity index (χ2n) is 9.42. The molecule has 0 fully saturated rings. The van der Waals surface area contributed by atoms with Gasteiger partial charge in [0.2, 0.25) is 15.6 Å². The number of nitrogens with zero attached hydrogens (tertiary/aromatic N) is 3. The van der Waals surface area contributed by atoms with Crippen molar-refractivity contribution < 1.29 is 37.3 Å². The molecule has 3 N–H and O–H groups in total. The van der Waals surface area contributed by atoms with Crippen LogP contribution in [0.1, 0.15) is 11.1 Å². The largest absolute Gasteiger partial charge is 0.497 e. The number of carbonyl (C=O) groups excluding carboxylic acids is 1. The van der Waals surface area contributed by atoms with Crippen molar-refractivity contribution in [2.24, 2.45) is 5.73 Å². The number of methoxy groups -OCH3 is 1. The van der Waals surface area contributed by atoms with Gasteiger partial charge in [0.25, 0.3) is 5.91 Å². The van der Waals surface area contributed by atoms with Crippen LogP contribution in [0.4, 0.5) is 0 Å². The van der Waals surface area contributed by atoms with Crippen LogP contribution in [0.3, 0.4) is 0 Å². The number of carbonyl (C=O) groups is 2. The number of fused-ring (bicyclic) bond motifs is 1. The molecule has 2 heterocycles. The topological polar surface area (TPSA) is 163 Å². The van der Waals surface area contributed by atoms with E-state index < -0.39 is 27.4 Å². The van der Waals surface area contributed by atoms with Crippen molar-refractivity contribution in [2.45, 2.75) is 23.4 Å². The Labute approximate surface area is 241 Å². The molecular weight excluding hydrogens is 564 g/mol. The van der Waals surface area contributed by atoms with E-state index in [0.29, 0.717) is 46.0 Å². The number of hydrogen-bond donors (Lipinski definition) is 2. The van der Waals surface area contributed by atoms with Gasteiger partial charge in [-0.2, -0.15) is 4.31 Å². The number of primary amides is 1. The molecule has 218 valence electrons. The Morgan fingerprint density at radius 1 is 1.00 bits per heavy atom. The van der Waals surface area contributed by atoms with Gasteiger partial charge in [-0.25, -0.2) is 18.2 Å². The van der Waals surface area contributed by atoms with E-state index in [9.17, 15) is 23.1 Å². The number of sulfonamides is 1. The van der Waals surface area contributed by atoms with Crippen molar-refractivity contribution in [3.05, 3.63) is 96.6 Å². The number of aromatic nitrogens is 2. The fourth-order valence-electron chi connectivity index (χ4n) is 4.90. The lowest BCUT2D eigenvalue weighted by Gasteiger charge is -2.41. The SMILES string of the molecule is COc1ccc(Oc2ccc(S(=O)(=O)N3CCc4cc(OCCn5ccnc5)ccc4C3(C(N)=O)C(=O)O)cc2)cc1. The predicted octanol–water partition coefficient (Wildman–Crippen LogP) is 2.78. The minimum atomic E-state index is -4.51. The average molecular weight is 593 g/mol. The fourth-order valence-corrected chi connectivity index (χ4v) is 6.59. The van der Waals surface area contributed by atoms with Gasteiger partial charge >= 0.3 is 5.97 Å². The van der Waals surface area contributed by atoms with Gasteiger partial charge in [-0.05, 0) is 78.2 Å². The Kier molecular flexibility index (Phi) is 7.87. The van der Waals surface area contributed by atoms with E-state index in [1.807, 2.05) is 4.57 Å². The van der Waals surface area contributed by atoms with Gasteiger partial charge in [0.15, 0.2) is 0 Å². The van der Waals surface area contributed by atoms with Crippen LogP contribution in [0, 0.1) is 0 Å². The van der Waals surface area contributed by atoms with E-state index >= 15 is 0 Å². The Bertz CT molecular complexity index is 1670. The van der Waals surface area contributed by atoms with Crippen LogP contribution in [-0.2, 0) is 38.1 Å². The first-order chi connectivity index (χ1) is 20.2. The van der Waals surface area contributed by atoms with Crippen molar-refractivity contribution in [3.8, 4) is 23.0 Å². The summed E-state index contributed by atoms with van der Waals surface area (Å²) in [5.74, 6) is -1.08. The number of amides is 1. The molecule has 1 unspecified atom stereocenters. The quantitative estimate of drug-likeness (QED) is 0.249. The normalized spacial score (nSPS) is 16.8. The van der Waals surface area contributed by atoms with E-state index in [0.717, 1.165) is 0 Å². The van der Waals surface area contributed by atoms with Crippen LogP contribution >= 0.6 is 0 Å². The lowest BCUT2D eigenvalue weighted by atomic mass is 9.81. The van der Waals surface area contributed by atoms with Gasteiger partial charge in [-0.15, -0.1) is 0 Å². The van der Waals surface area contributed by atoms with Crippen LogP contribution < -0.4 is 19.9 Å². The van der Waals surface area contributed by atoms with E-state index in [-0.39, 0.29) is 23.4 Å². The summed E-state index contributed by atoms with van der Waals surface area (Å²) in [6.45, 7) is 0.550. The molecule has 4 aromatic rings. The van der Waals surface area contributed by atoms with Crippen molar-refractivity contribution >= 4 is 21.9 Å². The van der Waals surface area contributed by atoms with Crippen LogP contribution in [0.25, 0.3) is 0 Å². The third kappa shape index (κ3) is 5.27. The van der Waals surface area contributed by atoms with E-state index in [1.165, 1.54) is 36.4 Å². The van der Waals surface area contributed by atoms with E-state index in [1.54, 1.807) is 56.2 Å². The number of hydrogen-bond acceptors (Lipinski definition) is 8. The molecule has 1 atom stereocenters. The zero-order valence-electron chi connectivity index (χ0n) is 22.5. The number of aliphatic carboxylic acids is 1. The molecule has 0 radical (unpaired) electrons. The molecule has 42 heavy (non-hydrogen) atoms. The summed E-state index contributed by atoms with van der Waals surface area (Å²) in [7, 11) is -2.96. The zero-order chi connectivity index (χ0) is 29.9. The van der Waals surface area contributed by atoms with Crippen LogP contribution in [-0.4, -0.2) is 59.5 Å². The predicted molar refractivity (Wildman–Crippen MR) is 150 cm³/mol. The summed E-state index contributed by atoms with van der Waals surface area (Å²) in [6.07, 6.45) is 5.23. The van der Waals surface area contributed by atoms with Gasteiger partial charge in [-0.3, -0.25) is 4.79 Å². The molecule has 0 saturated heterocycles. The first kappa shape index (κ1) is 28.6. The zero-order valence-corrected chi connectivity index (χ0v) is 23.4. The smallest absolute Gasteiger partial charge is 0.339 e. The lowest BCUT2D eigenvalue weighted by molar-refractivity contribution is -0.155. The third-order valence-corrected chi connectivity index (χ3v) is 8.88. The highest BCUT2D eigenvalue weighted by Crippen LogP contribution is 2.41. The number of rotatable bonds is 11. The molecule has 0 bridgehead atoms. The van der Waals surface area contributed by atoms with Crippen LogP contribution in [0.15, 0.2) is 90.3 Å². The molecule has 5 rings (SSSR count). The Balaban J connectivity index is 1.42. The summed E-state index contributed by atoms with van der Waals surface area (Å²) < 4.78 is 46.9. The minimum absolute atomic E-state index is 0.0289. The molecule has 0 spiro atoms. The maximum absolute atomic E-state index is 13.9. The van der Waals surface area contributed by atoms with Gasteiger partial charge in [0.05, 0.1) is 24.9 Å². The number of carboxylic acids is 1. The van der Waals surface area contributed by atoms with Crippen LogP contribution in [0.5, 0.6) is 23.0 Å². The molecule has 1 aromatic heterocycles. The fraction of sp³-hybridized carbons (Fsp3) is 0.207. The number of benzene rings is 3. The number of nitrogens with two attached hydrogens (primary N) is 1. The van der Waals surface area contributed by atoms with Gasteiger partial charge < -0.3 is 29.6 Å². The van der Waals surface area contributed by atoms with E-state index in [4.69, 9.17) is 19.9 Å². The summed E-state index contributed by atoms with van der Waals surface area (Å²) in [4.78, 5) is 29.5. The highest BCUT2D eigenvalue weighted by atomic mass is 32.2. The number of carboxylic acid groups (broad SMARTS) is 1. The van der Waals surface area contributed by atoms with Crippen molar-refractivity contribution in [1.29, 1.82) is 0 Å². The molecule has 0 saturated carbocycles. The molecule has 3 aromatic carbocycles. The maximum atomic E-state index is 13.9. The van der Waals surface area contributed by atoms with E-state index in [2.05, 4.69) is 4.98 Å². The molecule has 13 heteroatoms. The Morgan fingerprint density at radius 3 is 2.24 bits per heavy atom. The molecule has 12 nitrogen and oxygen atoms in total. The van der Waals surface area contributed by atoms with Crippen molar-refractivity contribution in [3.63, 3.8) is 0 Å². The maximum Gasteiger partial charge on any atom is 0.339 e. The minimum Gasteiger partial charge on any atom is -0.497 e. The van der Waals surface area contributed by atoms with Gasteiger partial charge in [-0.1, -0.05) is 6.07 Å². The summed E-state index contributed by atoms with van der Waals surface area (Å²) in [5, 5.41) is 10.4. The number of ether oxygens (including phenoxy) is 3. The lowest BCUT2D eigenvalue weighted by Crippen LogP contribution is -2.64. The van der Waals surface area contributed by atoms with Gasteiger partial charge in [0, 0.05) is 18.9 Å². The van der Waals surface area contributed by atoms with Gasteiger partial charge in [0.1, 0.15) is 29.6 Å². The Morgan fingerprint density at radius 2 is 1.64 bits per heavy atom. The number of imidazole rings is 1. The summed E-state index contributed by atoms with van der Waals surface area (Å²) in [5.41, 5.74) is 3.45. The molecule has 1 amide bonds. The second-order valence-corrected chi connectivity index (χ2v) is 11.3. The second kappa shape index (κ2) is 11.5. The van der Waals surface area contributed by atoms with Crippen molar-refractivity contribution in [1.82, 2.24) is 13.9 Å². The van der Waals surface area contributed by atoms with Crippen molar-refractivity contribution in [2.75, 3.05) is 20.3 Å². The highest BCUT2D eigenvalue weighted by molar-refractivity contribution is 7.89. The summed E-state index contributed by atoms with van der Waals surface area (Å²) in [6, 6.07) is 16.8. The molecule has 0 aliphatic carbocycles. The summed E-state index contributed by atoms with van der Waals surface area (Å²) >= 11 is 0. The first-order valence-corrected chi connectivity index (χ1v) is 14.3. The standard InChI is InChI=1S/C29H28N4O8S/c1-39-21-2-4-22(5-3-21)41-23-6-9-25(10-7-23)42(37,38)33-14-12-20-18-24(40-17-16-32-15-13-31-19-32)8-11-26(20)29(33,27(30)34)28(35)36/h2-11,13,15,18-19H,12,14,16-17H2,1H3,(H2,30,34)(H,35,36). The van der Waals surface area contributed by atoms with Crippen LogP contribution in [0.2, 0.25) is 0 Å². The molecular formula is C29H28N4O8S. The molecule has 1 aliphatic heterocycles. The monoisotopic (exact) mass is 592 g/mol. The third-order valence-electron chi connectivity index (χ3n) is 6.98. The highest BCUT2D eigenvalue weighted by Gasteiger charge is 2.59.